The molecular formula is C14H20F2O. The SMILES string of the molecule is CC(C)c1cc(OC(F)F)ccc1C(C)(C)C. The van der Waals surface area contributed by atoms with Crippen molar-refractivity contribution in [3.63, 3.8) is 0 Å². The Morgan fingerprint density at radius 3 is 2.12 bits per heavy atom. The Morgan fingerprint density at radius 2 is 1.71 bits per heavy atom. The number of ether oxygens (including phenoxy) is 1. The van der Waals surface area contributed by atoms with E-state index in [-0.39, 0.29) is 17.1 Å². The van der Waals surface area contributed by atoms with Crippen LogP contribution in [0.3, 0.4) is 0 Å². The third kappa shape index (κ3) is 3.69. The van der Waals surface area contributed by atoms with E-state index in [4.69, 9.17) is 0 Å². The lowest BCUT2D eigenvalue weighted by molar-refractivity contribution is -0.0499. The van der Waals surface area contributed by atoms with Gasteiger partial charge in [-0.15, -0.1) is 0 Å². The summed E-state index contributed by atoms with van der Waals surface area (Å²) in [5.74, 6) is 0.516. The molecule has 0 unspecified atom stereocenters. The zero-order valence-corrected chi connectivity index (χ0v) is 11.1. The first kappa shape index (κ1) is 13.9. The van der Waals surface area contributed by atoms with Gasteiger partial charge in [0.05, 0.1) is 0 Å². The lowest BCUT2D eigenvalue weighted by Gasteiger charge is -2.25. The van der Waals surface area contributed by atoms with E-state index in [1.807, 2.05) is 6.07 Å². The van der Waals surface area contributed by atoms with Crippen molar-refractivity contribution in [3.8, 4) is 5.75 Å². The molecule has 0 radical (unpaired) electrons. The summed E-state index contributed by atoms with van der Waals surface area (Å²) >= 11 is 0. The number of alkyl halides is 2. The van der Waals surface area contributed by atoms with E-state index in [2.05, 4.69) is 39.4 Å². The summed E-state index contributed by atoms with van der Waals surface area (Å²) < 4.78 is 28.8. The van der Waals surface area contributed by atoms with Crippen molar-refractivity contribution in [3.05, 3.63) is 29.3 Å². The summed E-state index contributed by atoms with van der Waals surface area (Å²) in [6.07, 6.45) is 0. The van der Waals surface area contributed by atoms with Gasteiger partial charge in [0.2, 0.25) is 0 Å². The molecule has 0 amide bonds. The Hall–Kier alpha value is -1.12. The molecule has 1 nitrogen and oxygen atoms in total. The Kier molecular flexibility index (Phi) is 4.12. The molecule has 0 saturated carbocycles. The Labute approximate surface area is 102 Å². The third-order valence-electron chi connectivity index (χ3n) is 2.68. The summed E-state index contributed by atoms with van der Waals surface area (Å²) in [5, 5.41) is 0. The Bertz CT molecular complexity index is 378. The maximum absolute atomic E-state index is 12.2. The molecule has 0 aromatic heterocycles. The van der Waals surface area contributed by atoms with E-state index in [1.54, 1.807) is 12.1 Å². The molecule has 17 heavy (non-hydrogen) atoms. The van der Waals surface area contributed by atoms with Crippen molar-refractivity contribution >= 4 is 0 Å². The van der Waals surface area contributed by atoms with Crippen LogP contribution in [0.2, 0.25) is 0 Å². The molecule has 0 bridgehead atoms. The van der Waals surface area contributed by atoms with Crippen LogP contribution in [0.25, 0.3) is 0 Å². The molecule has 0 spiro atoms. The highest BCUT2D eigenvalue weighted by molar-refractivity contribution is 5.41. The molecule has 3 heteroatoms. The molecule has 0 heterocycles. The van der Waals surface area contributed by atoms with Gasteiger partial charge in [-0.05, 0) is 34.6 Å². The molecule has 0 saturated heterocycles. The van der Waals surface area contributed by atoms with Gasteiger partial charge < -0.3 is 4.74 Å². The molecule has 96 valence electrons. The fourth-order valence-electron chi connectivity index (χ4n) is 1.88. The minimum Gasteiger partial charge on any atom is -0.435 e. The molecule has 0 aliphatic rings. The number of hydrogen-bond donors (Lipinski definition) is 0. The normalized spacial score (nSPS) is 12.3. The fraction of sp³-hybridized carbons (Fsp3) is 0.571. The van der Waals surface area contributed by atoms with Crippen molar-refractivity contribution in [1.82, 2.24) is 0 Å². The number of benzene rings is 1. The highest BCUT2D eigenvalue weighted by atomic mass is 19.3. The zero-order valence-electron chi connectivity index (χ0n) is 11.1. The highest BCUT2D eigenvalue weighted by Crippen LogP contribution is 2.33. The maximum Gasteiger partial charge on any atom is 0.387 e. The minimum atomic E-state index is -2.77. The second kappa shape index (κ2) is 5.03. The molecule has 0 atom stereocenters. The highest BCUT2D eigenvalue weighted by Gasteiger charge is 2.20. The van der Waals surface area contributed by atoms with E-state index in [0.717, 1.165) is 5.56 Å². The molecule has 1 rings (SSSR count). The molecule has 1 aromatic rings. The van der Waals surface area contributed by atoms with Crippen LogP contribution in [0.15, 0.2) is 18.2 Å². The predicted molar refractivity (Wildman–Crippen MR) is 65.9 cm³/mol. The van der Waals surface area contributed by atoms with Crippen molar-refractivity contribution in [2.24, 2.45) is 0 Å². The van der Waals surface area contributed by atoms with Gasteiger partial charge in [0.1, 0.15) is 5.75 Å². The van der Waals surface area contributed by atoms with Crippen LogP contribution < -0.4 is 4.74 Å². The van der Waals surface area contributed by atoms with Gasteiger partial charge in [0.25, 0.3) is 0 Å². The standard InChI is InChI=1S/C14H20F2O/c1-9(2)11-8-10(17-13(15)16)6-7-12(11)14(3,4)5/h6-9,13H,1-5H3. The summed E-state index contributed by atoms with van der Waals surface area (Å²) in [4.78, 5) is 0. The first-order valence-electron chi connectivity index (χ1n) is 5.81. The second-order valence-electron chi connectivity index (χ2n) is 5.53. The van der Waals surface area contributed by atoms with Gasteiger partial charge >= 0.3 is 6.61 Å². The Morgan fingerprint density at radius 1 is 1.12 bits per heavy atom. The van der Waals surface area contributed by atoms with Crippen LogP contribution in [-0.4, -0.2) is 6.61 Å². The smallest absolute Gasteiger partial charge is 0.387 e. The summed E-state index contributed by atoms with van der Waals surface area (Å²) in [6.45, 7) is 7.68. The topological polar surface area (TPSA) is 9.23 Å². The lowest BCUT2D eigenvalue weighted by atomic mass is 9.81. The average molecular weight is 242 g/mol. The minimum absolute atomic E-state index is 0.00294. The Balaban J connectivity index is 3.18. The second-order valence-corrected chi connectivity index (χ2v) is 5.53. The third-order valence-corrected chi connectivity index (χ3v) is 2.68. The van der Waals surface area contributed by atoms with Crippen LogP contribution in [0, 0.1) is 0 Å². The van der Waals surface area contributed by atoms with E-state index in [9.17, 15) is 8.78 Å². The van der Waals surface area contributed by atoms with Crippen LogP contribution in [-0.2, 0) is 5.41 Å². The van der Waals surface area contributed by atoms with Crippen LogP contribution >= 0.6 is 0 Å². The monoisotopic (exact) mass is 242 g/mol. The van der Waals surface area contributed by atoms with E-state index in [0.29, 0.717) is 0 Å². The van der Waals surface area contributed by atoms with E-state index < -0.39 is 6.61 Å². The largest absolute Gasteiger partial charge is 0.435 e. The molecule has 1 aromatic carbocycles. The van der Waals surface area contributed by atoms with E-state index >= 15 is 0 Å². The summed E-state index contributed by atoms with van der Waals surface area (Å²) in [5.41, 5.74) is 2.24. The molecule has 0 N–H and O–H groups in total. The fourth-order valence-corrected chi connectivity index (χ4v) is 1.88. The van der Waals surface area contributed by atoms with Gasteiger partial charge in [0.15, 0.2) is 0 Å². The quantitative estimate of drug-likeness (QED) is 0.746. The van der Waals surface area contributed by atoms with Crippen molar-refractivity contribution < 1.29 is 13.5 Å². The van der Waals surface area contributed by atoms with Gasteiger partial charge in [-0.25, -0.2) is 0 Å². The summed E-state index contributed by atoms with van der Waals surface area (Å²) in [7, 11) is 0. The van der Waals surface area contributed by atoms with Crippen LogP contribution in [0.4, 0.5) is 8.78 Å². The van der Waals surface area contributed by atoms with Gasteiger partial charge in [0, 0.05) is 0 Å². The van der Waals surface area contributed by atoms with Gasteiger partial charge in [-0.1, -0.05) is 40.7 Å². The number of rotatable bonds is 3. The maximum atomic E-state index is 12.2. The summed E-state index contributed by atoms with van der Waals surface area (Å²) in [6, 6.07) is 5.21. The predicted octanol–water partition coefficient (Wildman–Crippen LogP) is 4.71. The van der Waals surface area contributed by atoms with Crippen molar-refractivity contribution in [1.29, 1.82) is 0 Å². The molecular weight excluding hydrogens is 222 g/mol. The van der Waals surface area contributed by atoms with Crippen LogP contribution in [0.5, 0.6) is 5.75 Å². The van der Waals surface area contributed by atoms with Crippen molar-refractivity contribution in [2.75, 3.05) is 0 Å². The van der Waals surface area contributed by atoms with Crippen LogP contribution in [0.1, 0.15) is 51.7 Å². The lowest BCUT2D eigenvalue weighted by Crippen LogP contribution is -2.15. The van der Waals surface area contributed by atoms with Gasteiger partial charge in [-0.2, -0.15) is 8.78 Å². The van der Waals surface area contributed by atoms with E-state index in [1.165, 1.54) is 5.56 Å². The molecule has 0 aliphatic carbocycles. The average Bonchev–Trinajstić information content (AvgIpc) is 2.14. The number of hydrogen-bond acceptors (Lipinski definition) is 1. The molecule has 0 fully saturated rings. The first-order valence-corrected chi connectivity index (χ1v) is 5.81. The molecule has 0 aliphatic heterocycles. The first-order chi connectivity index (χ1) is 7.71. The zero-order chi connectivity index (χ0) is 13.2. The van der Waals surface area contributed by atoms with Gasteiger partial charge in [-0.3, -0.25) is 0 Å². The number of halogens is 2. The van der Waals surface area contributed by atoms with Crippen molar-refractivity contribution in [2.45, 2.75) is 52.6 Å².